The zero-order valence-electron chi connectivity index (χ0n) is 11.7. The third kappa shape index (κ3) is 2.77. The van der Waals surface area contributed by atoms with Crippen LogP contribution in [0.3, 0.4) is 0 Å². The predicted octanol–water partition coefficient (Wildman–Crippen LogP) is 2.48. The number of anilines is 3. The molecule has 1 fully saturated rings. The molecule has 1 aromatic heterocycles. The normalized spacial score (nSPS) is 15.3. The fourth-order valence-corrected chi connectivity index (χ4v) is 2.39. The standard InChI is InChI=1S/C15H20N4O/c1-2-18-8-7-16-15(18)17-13-3-5-14(6-4-13)19-9-11-20-12-10-19/h3-8H,2,9-12H2,1H3,(H,16,17). The predicted molar refractivity (Wildman–Crippen MR) is 80.7 cm³/mol. The third-order valence-electron chi connectivity index (χ3n) is 3.56. The van der Waals surface area contributed by atoms with Crippen molar-refractivity contribution in [2.45, 2.75) is 13.5 Å². The Bertz CT molecular complexity index is 543. The van der Waals surface area contributed by atoms with Gasteiger partial charge in [0.2, 0.25) is 5.95 Å². The lowest BCUT2D eigenvalue weighted by molar-refractivity contribution is 0.122. The van der Waals surface area contributed by atoms with Crippen LogP contribution in [0, 0.1) is 0 Å². The second-order valence-electron chi connectivity index (χ2n) is 4.81. The van der Waals surface area contributed by atoms with E-state index in [-0.39, 0.29) is 0 Å². The Balaban J connectivity index is 1.69. The zero-order valence-corrected chi connectivity index (χ0v) is 11.7. The molecule has 2 heterocycles. The van der Waals surface area contributed by atoms with Gasteiger partial charge in [0.25, 0.3) is 0 Å². The van der Waals surface area contributed by atoms with E-state index in [2.05, 4.69) is 51.0 Å². The van der Waals surface area contributed by atoms with Crippen molar-refractivity contribution in [1.29, 1.82) is 0 Å². The van der Waals surface area contributed by atoms with E-state index >= 15 is 0 Å². The number of rotatable bonds is 4. The smallest absolute Gasteiger partial charge is 0.207 e. The molecule has 1 saturated heterocycles. The summed E-state index contributed by atoms with van der Waals surface area (Å²) in [5.74, 6) is 0.881. The van der Waals surface area contributed by atoms with E-state index in [1.807, 2.05) is 12.4 Å². The SMILES string of the molecule is CCn1ccnc1Nc1ccc(N2CCOCC2)cc1. The summed E-state index contributed by atoms with van der Waals surface area (Å²) in [6, 6.07) is 8.48. The van der Waals surface area contributed by atoms with E-state index < -0.39 is 0 Å². The molecule has 5 heteroatoms. The summed E-state index contributed by atoms with van der Waals surface area (Å²) in [4.78, 5) is 6.67. The number of aromatic nitrogens is 2. The van der Waals surface area contributed by atoms with E-state index in [9.17, 15) is 0 Å². The molecule has 0 atom stereocenters. The van der Waals surface area contributed by atoms with Gasteiger partial charge in [-0.25, -0.2) is 4.98 Å². The molecule has 1 aliphatic rings. The molecule has 2 aromatic rings. The van der Waals surface area contributed by atoms with Crippen LogP contribution in [0.15, 0.2) is 36.7 Å². The average Bonchev–Trinajstić information content (AvgIpc) is 2.96. The van der Waals surface area contributed by atoms with Crippen LogP contribution in [0.5, 0.6) is 0 Å². The third-order valence-corrected chi connectivity index (χ3v) is 3.56. The Labute approximate surface area is 119 Å². The molecule has 0 unspecified atom stereocenters. The summed E-state index contributed by atoms with van der Waals surface area (Å²) in [6.45, 7) is 6.57. The number of imidazole rings is 1. The number of morpholine rings is 1. The van der Waals surface area contributed by atoms with Crippen molar-refractivity contribution >= 4 is 17.3 Å². The van der Waals surface area contributed by atoms with Crippen LogP contribution in [0.4, 0.5) is 17.3 Å². The van der Waals surface area contributed by atoms with Gasteiger partial charge < -0.3 is 19.5 Å². The highest BCUT2D eigenvalue weighted by Crippen LogP contribution is 2.21. The molecule has 0 bridgehead atoms. The van der Waals surface area contributed by atoms with Gasteiger partial charge in [0.15, 0.2) is 0 Å². The first-order chi connectivity index (χ1) is 9.86. The van der Waals surface area contributed by atoms with Gasteiger partial charge in [0.1, 0.15) is 0 Å². The van der Waals surface area contributed by atoms with E-state index in [0.717, 1.165) is 44.5 Å². The summed E-state index contributed by atoms with van der Waals surface area (Å²) >= 11 is 0. The maximum absolute atomic E-state index is 5.38. The van der Waals surface area contributed by atoms with Crippen molar-refractivity contribution < 1.29 is 4.74 Å². The molecule has 0 spiro atoms. The number of aryl methyl sites for hydroxylation is 1. The molecular weight excluding hydrogens is 252 g/mol. The first kappa shape index (κ1) is 13.0. The zero-order chi connectivity index (χ0) is 13.8. The Morgan fingerprint density at radius 3 is 2.65 bits per heavy atom. The highest BCUT2D eigenvalue weighted by molar-refractivity contribution is 5.59. The Morgan fingerprint density at radius 2 is 1.95 bits per heavy atom. The number of benzene rings is 1. The summed E-state index contributed by atoms with van der Waals surface area (Å²) in [6.07, 6.45) is 3.79. The second kappa shape index (κ2) is 5.96. The van der Waals surface area contributed by atoms with Crippen LogP contribution < -0.4 is 10.2 Å². The van der Waals surface area contributed by atoms with Crippen molar-refractivity contribution in [2.24, 2.45) is 0 Å². The molecule has 3 rings (SSSR count). The lowest BCUT2D eigenvalue weighted by Gasteiger charge is -2.28. The minimum Gasteiger partial charge on any atom is -0.378 e. The van der Waals surface area contributed by atoms with Crippen LogP contribution in [-0.2, 0) is 11.3 Å². The summed E-state index contributed by atoms with van der Waals surface area (Å²) < 4.78 is 7.45. The topological polar surface area (TPSA) is 42.3 Å². The van der Waals surface area contributed by atoms with Crippen molar-refractivity contribution in [1.82, 2.24) is 9.55 Å². The van der Waals surface area contributed by atoms with E-state index in [1.165, 1.54) is 5.69 Å². The van der Waals surface area contributed by atoms with Crippen LogP contribution >= 0.6 is 0 Å². The van der Waals surface area contributed by atoms with Crippen LogP contribution in [0.2, 0.25) is 0 Å². The molecular formula is C15H20N4O. The van der Waals surface area contributed by atoms with Gasteiger partial charge in [-0.2, -0.15) is 0 Å². The number of nitrogens with one attached hydrogen (secondary N) is 1. The van der Waals surface area contributed by atoms with E-state index in [4.69, 9.17) is 4.74 Å². The second-order valence-corrected chi connectivity index (χ2v) is 4.81. The van der Waals surface area contributed by atoms with Crippen molar-refractivity contribution in [3.05, 3.63) is 36.7 Å². The first-order valence-electron chi connectivity index (χ1n) is 7.08. The van der Waals surface area contributed by atoms with Gasteiger partial charge in [-0.15, -0.1) is 0 Å². The lowest BCUT2D eigenvalue weighted by atomic mass is 10.2. The molecule has 5 nitrogen and oxygen atoms in total. The van der Waals surface area contributed by atoms with Gasteiger partial charge in [-0.1, -0.05) is 0 Å². The summed E-state index contributed by atoms with van der Waals surface area (Å²) in [7, 11) is 0. The van der Waals surface area contributed by atoms with Gasteiger partial charge in [-0.05, 0) is 31.2 Å². The van der Waals surface area contributed by atoms with Crippen LogP contribution in [-0.4, -0.2) is 35.9 Å². The van der Waals surface area contributed by atoms with E-state index in [1.54, 1.807) is 0 Å². The maximum atomic E-state index is 5.38. The van der Waals surface area contributed by atoms with Crippen molar-refractivity contribution in [2.75, 3.05) is 36.5 Å². The molecule has 0 amide bonds. The van der Waals surface area contributed by atoms with Gasteiger partial charge in [-0.3, -0.25) is 0 Å². The summed E-state index contributed by atoms with van der Waals surface area (Å²) in [5, 5.41) is 3.34. The highest BCUT2D eigenvalue weighted by Gasteiger charge is 2.10. The monoisotopic (exact) mass is 272 g/mol. The molecule has 1 N–H and O–H groups in total. The number of hydrogen-bond donors (Lipinski definition) is 1. The van der Waals surface area contributed by atoms with Crippen LogP contribution in [0.25, 0.3) is 0 Å². The first-order valence-corrected chi connectivity index (χ1v) is 7.08. The minimum absolute atomic E-state index is 0.813. The fraction of sp³-hybridized carbons (Fsp3) is 0.400. The molecule has 1 aromatic carbocycles. The number of hydrogen-bond acceptors (Lipinski definition) is 4. The quantitative estimate of drug-likeness (QED) is 0.928. The average molecular weight is 272 g/mol. The number of nitrogens with zero attached hydrogens (tertiary/aromatic N) is 3. The van der Waals surface area contributed by atoms with Crippen LogP contribution in [0.1, 0.15) is 6.92 Å². The largest absolute Gasteiger partial charge is 0.378 e. The molecule has 0 aliphatic carbocycles. The van der Waals surface area contributed by atoms with Gasteiger partial charge in [0, 0.05) is 43.4 Å². The molecule has 1 aliphatic heterocycles. The highest BCUT2D eigenvalue weighted by atomic mass is 16.5. The Hall–Kier alpha value is -2.01. The van der Waals surface area contributed by atoms with E-state index in [0.29, 0.717) is 0 Å². The minimum atomic E-state index is 0.813. The summed E-state index contributed by atoms with van der Waals surface area (Å²) in [5.41, 5.74) is 2.31. The molecule has 20 heavy (non-hydrogen) atoms. The van der Waals surface area contributed by atoms with Crippen molar-refractivity contribution in [3.8, 4) is 0 Å². The molecule has 106 valence electrons. The molecule has 0 saturated carbocycles. The van der Waals surface area contributed by atoms with Gasteiger partial charge >= 0.3 is 0 Å². The van der Waals surface area contributed by atoms with Crippen molar-refractivity contribution in [3.63, 3.8) is 0 Å². The van der Waals surface area contributed by atoms with Gasteiger partial charge in [0.05, 0.1) is 13.2 Å². The Morgan fingerprint density at radius 1 is 1.20 bits per heavy atom. The fourth-order valence-electron chi connectivity index (χ4n) is 2.39. The maximum Gasteiger partial charge on any atom is 0.207 e. The lowest BCUT2D eigenvalue weighted by Crippen LogP contribution is -2.36. The number of ether oxygens (including phenoxy) is 1. The Kier molecular flexibility index (Phi) is 3.87. The molecule has 0 radical (unpaired) electrons.